The molecule has 2 saturated heterocycles. The van der Waals surface area contributed by atoms with Crippen LogP contribution in [0, 0.1) is 0 Å². The van der Waals surface area contributed by atoms with Crippen LogP contribution >= 0.6 is 24.0 Å². The van der Waals surface area contributed by atoms with Crippen LogP contribution in [0.3, 0.4) is 0 Å². The van der Waals surface area contributed by atoms with E-state index in [0.717, 1.165) is 70.1 Å². The first-order valence-electron chi connectivity index (χ1n) is 11.4. The summed E-state index contributed by atoms with van der Waals surface area (Å²) >= 11 is 0. The summed E-state index contributed by atoms with van der Waals surface area (Å²) < 4.78 is 22.7. The van der Waals surface area contributed by atoms with Crippen LogP contribution in [0.25, 0.3) is 0 Å². The maximum atomic E-state index is 8.95. The summed E-state index contributed by atoms with van der Waals surface area (Å²) in [6, 6.07) is 5.78. The summed E-state index contributed by atoms with van der Waals surface area (Å²) in [5.74, 6) is 2.20. The number of aliphatic imine (C=N–C) groups is 1. The summed E-state index contributed by atoms with van der Waals surface area (Å²) in [6.45, 7) is 7.13. The largest absolute Gasteiger partial charge is 0.493 e. The number of methoxy groups -OCH3 is 1. The Morgan fingerprint density at radius 3 is 2.72 bits per heavy atom. The molecule has 0 radical (unpaired) electrons. The molecule has 182 valence electrons. The lowest BCUT2D eigenvalue weighted by Crippen LogP contribution is -2.47. The van der Waals surface area contributed by atoms with Crippen LogP contribution in [0.5, 0.6) is 11.5 Å². The lowest BCUT2D eigenvalue weighted by Gasteiger charge is -2.34. The Bertz CT molecular complexity index is 692. The van der Waals surface area contributed by atoms with Gasteiger partial charge in [0, 0.05) is 26.2 Å². The second kappa shape index (κ2) is 14.8. The molecule has 3 rings (SSSR count). The van der Waals surface area contributed by atoms with Gasteiger partial charge < -0.3 is 34.3 Å². The SMILES string of the molecule is CCNC(=NCc1ccc(OCCO)c(OC)c1)N1CCC(OCC2CCCO2)CC1.I. The van der Waals surface area contributed by atoms with E-state index in [4.69, 9.17) is 29.0 Å². The smallest absolute Gasteiger partial charge is 0.194 e. The van der Waals surface area contributed by atoms with Crippen LogP contribution in [0.4, 0.5) is 0 Å². The molecule has 2 heterocycles. The van der Waals surface area contributed by atoms with Crippen LogP contribution in [-0.4, -0.2) is 81.3 Å². The topological polar surface area (TPSA) is 84.8 Å². The maximum absolute atomic E-state index is 8.95. The average Bonchev–Trinajstić information content (AvgIpc) is 3.33. The molecule has 0 spiro atoms. The first-order chi connectivity index (χ1) is 15.2. The number of nitrogens with one attached hydrogen (secondary N) is 1. The molecule has 2 aliphatic rings. The molecule has 1 aromatic carbocycles. The Labute approximate surface area is 208 Å². The van der Waals surface area contributed by atoms with Crippen molar-refractivity contribution in [3.63, 3.8) is 0 Å². The van der Waals surface area contributed by atoms with Gasteiger partial charge in [0.05, 0.1) is 39.1 Å². The minimum atomic E-state index is -0.0304. The number of guanidine groups is 1. The van der Waals surface area contributed by atoms with E-state index in [-0.39, 0.29) is 43.3 Å². The van der Waals surface area contributed by atoms with Gasteiger partial charge in [-0.25, -0.2) is 4.99 Å². The van der Waals surface area contributed by atoms with Gasteiger partial charge in [-0.3, -0.25) is 0 Å². The fourth-order valence-corrected chi connectivity index (χ4v) is 3.93. The number of aliphatic hydroxyl groups is 1. The van der Waals surface area contributed by atoms with E-state index < -0.39 is 0 Å². The highest BCUT2D eigenvalue weighted by molar-refractivity contribution is 14.0. The monoisotopic (exact) mass is 563 g/mol. The van der Waals surface area contributed by atoms with Gasteiger partial charge in [-0.15, -0.1) is 24.0 Å². The van der Waals surface area contributed by atoms with Gasteiger partial charge >= 0.3 is 0 Å². The van der Waals surface area contributed by atoms with Crippen molar-refractivity contribution in [3.8, 4) is 11.5 Å². The summed E-state index contributed by atoms with van der Waals surface area (Å²) in [7, 11) is 1.61. The zero-order valence-corrected chi connectivity index (χ0v) is 21.6. The van der Waals surface area contributed by atoms with E-state index in [1.165, 1.54) is 0 Å². The van der Waals surface area contributed by atoms with E-state index >= 15 is 0 Å². The van der Waals surface area contributed by atoms with Crippen molar-refractivity contribution in [2.24, 2.45) is 4.99 Å². The molecule has 9 heteroatoms. The van der Waals surface area contributed by atoms with Gasteiger partial charge in [0.15, 0.2) is 17.5 Å². The number of likely N-dealkylation sites (tertiary alicyclic amines) is 1. The van der Waals surface area contributed by atoms with Crippen molar-refractivity contribution in [3.05, 3.63) is 23.8 Å². The standard InChI is InChI=1S/C23H37N3O5.HI/c1-3-24-23(25-16-18-6-7-21(30-14-12-27)22(15-18)28-2)26-10-8-19(9-11-26)31-17-20-5-4-13-29-20;/h6-7,15,19-20,27H,3-5,8-14,16-17H2,1-2H3,(H,24,25);1H. The Morgan fingerprint density at radius 1 is 1.25 bits per heavy atom. The van der Waals surface area contributed by atoms with Crippen molar-refractivity contribution in [2.45, 2.75) is 51.4 Å². The lowest BCUT2D eigenvalue weighted by molar-refractivity contribution is -0.0367. The van der Waals surface area contributed by atoms with E-state index in [1.807, 2.05) is 18.2 Å². The molecule has 1 atom stereocenters. The fourth-order valence-electron chi connectivity index (χ4n) is 3.93. The number of benzene rings is 1. The van der Waals surface area contributed by atoms with Crippen molar-refractivity contribution >= 4 is 29.9 Å². The maximum Gasteiger partial charge on any atom is 0.194 e. The number of aliphatic hydroxyl groups excluding tert-OH is 1. The molecule has 1 unspecified atom stereocenters. The number of hydrogen-bond donors (Lipinski definition) is 2. The predicted octanol–water partition coefficient (Wildman–Crippen LogP) is 2.81. The second-order valence-corrected chi connectivity index (χ2v) is 7.88. The van der Waals surface area contributed by atoms with E-state index in [2.05, 4.69) is 17.1 Å². The highest BCUT2D eigenvalue weighted by Crippen LogP contribution is 2.28. The van der Waals surface area contributed by atoms with Gasteiger partial charge in [-0.05, 0) is 50.3 Å². The number of ether oxygens (including phenoxy) is 4. The predicted molar refractivity (Wildman–Crippen MR) is 135 cm³/mol. The van der Waals surface area contributed by atoms with Crippen LogP contribution in [0.2, 0.25) is 0 Å². The molecular weight excluding hydrogens is 525 g/mol. The van der Waals surface area contributed by atoms with Crippen molar-refractivity contribution in [1.29, 1.82) is 0 Å². The highest BCUT2D eigenvalue weighted by atomic mass is 127. The van der Waals surface area contributed by atoms with Gasteiger partial charge in [-0.2, -0.15) is 0 Å². The molecule has 2 fully saturated rings. The van der Waals surface area contributed by atoms with Crippen LogP contribution in [0.1, 0.15) is 38.2 Å². The fraction of sp³-hybridized carbons (Fsp3) is 0.696. The van der Waals surface area contributed by atoms with Crippen LogP contribution in [0.15, 0.2) is 23.2 Å². The summed E-state index contributed by atoms with van der Waals surface area (Å²) in [4.78, 5) is 7.15. The molecule has 1 aromatic rings. The third-order valence-electron chi connectivity index (χ3n) is 5.61. The number of piperidine rings is 1. The first-order valence-corrected chi connectivity index (χ1v) is 11.4. The number of rotatable bonds is 10. The zero-order valence-electron chi connectivity index (χ0n) is 19.3. The number of nitrogens with zero attached hydrogens (tertiary/aromatic N) is 2. The zero-order chi connectivity index (χ0) is 21.9. The molecule has 0 aromatic heterocycles. The van der Waals surface area contributed by atoms with E-state index in [1.54, 1.807) is 7.11 Å². The Morgan fingerprint density at radius 2 is 2.06 bits per heavy atom. The third-order valence-corrected chi connectivity index (χ3v) is 5.61. The molecule has 8 nitrogen and oxygen atoms in total. The lowest BCUT2D eigenvalue weighted by atomic mass is 10.1. The third kappa shape index (κ3) is 8.24. The van der Waals surface area contributed by atoms with Crippen molar-refractivity contribution in [1.82, 2.24) is 10.2 Å². The summed E-state index contributed by atoms with van der Waals surface area (Å²) in [5, 5.41) is 12.4. The molecule has 0 amide bonds. The molecule has 0 bridgehead atoms. The molecule has 0 aliphatic carbocycles. The second-order valence-electron chi connectivity index (χ2n) is 7.88. The molecule has 32 heavy (non-hydrogen) atoms. The Balaban J connectivity index is 0.00000363. The van der Waals surface area contributed by atoms with Crippen LogP contribution < -0.4 is 14.8 Å². The van der Waals surface area contributed by atoms with Crippen LogP contribution in [-0.2, 0) is 16.0 Å². The normalized spacial score (nSPS) is 19.5. The highest BCUT2D eigenvalue weighted by Gasteiger charge is 2.24. The van der Waals surface area contributed by atoms with Crippen molar-refractivity contribution < 1.29 is 24.1 Å². The van der Waals surface area contributed by atoms with Gasteiger partial charge in [-0.1, -0.05) is 6.07 Å². The minimum Gasteiger partial charge on any atom is -0.493 e. The molecule has 2 N–H and O–H groups in total. The Hall–Kier alpha value is -1.30. The number of hydrogen-bond acceptors (Lipinski definition) is 6. The summed E-state index contributed by atoms with van der Waals surface area (Å²) in [5.41, 5.74) is 1.04. The quantitative estimate of drug-likeness (QED) is 0.257. The Kier molecular flexibility index (Phi) is 12.4. The average molecular weight is 563 g/mol. The summed E-state index contributed by atoms with van der Waals surface area (Å²) in [6.07, 6.45) is 4.87. The van der Waals surface area contributed by atoms with Gasteiger partial charge in [0.25, 0.3) is 0 Å². The van der Waals surface area contributed by atoms with E-state index in [9.17, 15) is 0 Å². The molecular formula is C23H38IN3O5. The van der Waals surface area contributed by atoms with Gasteiger partial charge in [0.1, 0.15) is 6.61 Å². The number of halogens is 1. The molecule has 2 aliphatic heterocycles. The van der Waals surface area contributed by atoms with Crippen molar-refractivity contribution in [2.75, 3.05) is 53.2 Å². The first kappa shape index (κ1) is 26.9. The minimum absolute atomic E-state index is 0. The molecule has 0 saturated carbocycles. The van der Waals surface area contributed by atoms with E-state index in [0.29, 0.717) is 24.1 Å². The van der Waals surface area contributed by atoms with Gasteiger partial charge in [0.2, 0.25) is 0 Å².